The molecule has 0 radical (unpaired) electrons. The molecule has 0 saturated heterocycles. The van der Waals surface area contributed by atoms with E-state index in [0.29, 0.717) is 22.3 Å². The van der Waals surface area contributed by atoms with Crippen molar-refractivity contribution in [3.8, 4) is 5.75 Å². The first-order valence-corrected chi connectivity index (χ1v) is 9.18. The van der Waals surface area contributed by atoms with E-state index in [2.05, 4.69) is 28.5 Å². The fourth-order valence-corrected chi connectivity index (χ4v) is 3.19. The van der Waals surface area contributed by atoms with Gasteiger partial charge in [-0.1, -0.05) is 47.7 Å². The number of anilines is 1. The average molecular weight is 380 g/mol. The molecule has 6 nitrogen and oxygen atoms in total. The third-order valence-corrected chi connectivity index (χ3v) is 4.90. The van der Waals surface area contributed by atoms with Gasteiger partial charge in [-0.25, -0.2) is 10.4 Å². The number of nitrogens with one attached hydrogen (secondary N) is 1. The quantitative estimate of drug-likeness (QED) is 0.504. The molecule has 3 rings (SSSR count). The summed E-state index contributed by atoms with van der Waals surface area (Å²) in [6, 6.07) is 15.6. The summed E-state index contributed by atoms with van der Waals surface area (Å²) in [7, 11) is 0. The molecule has 7 heteroatoms. The van der Waals surface area contributed by atoms with Crippen LogP contribution in [0, 0.1) is 13.8 Å². The van der Waals surface area contributed by atoms with E-state index in [1.54, 1.807) is 13.1 Å². The SMILES string of the molecule is Cc1ccccc1COc1cccc(/C=N/NC(=O)c2sc(N)nc2C)c1. The standard InChI is InChI=1S/C20H20N4O2S/c1-13-6-3-4-8-16(13)12-26-17-9-5-7-15(10-17)11-22-24-19(25)18-14(2)23-20(21)27-18/h3-11H,12H2,1-2H3,(H2,21,23)(H,24,25)/b22-11+. The van der Waals surface area contributed by atoms with Crippen LogP contribution in [-0.4, -0.2) is 17.1 Å². The third kappa shape index (κ3) is 4.92. The highest BCUT2D eigenvalue weighted by molar-refractivity contribution is 7.17. The van der Waals surface area contributed by atoms with E-state index in [0.717, 1.165) is 28.2 Å². The molecular formula is C20H20N4O2S. The number of rotatable bonds is 6. The maximum atomic E-state index is 12.1. The second-order valence-electron chi connectivity index (χ2n) is 5.95. The second kappa shape index (κ2) is 8.46. The molecule has 0 saturated carbocycles. The molecule has 2 aromatic carbocycles. The van der Waals surface area contributed by atoms with Crippen LogP contribution >= 0.6 is 11.3 Å². The minimum Gasteiger partial charge on any atom is -0.489 e. The van der Waals surface area contributed by atoms with Gasteiger partial charge in [-0.05, 0) is 42.7 Å². The van der Waals surface area contributed by atoms with Gasteiger partial charge >= 0.3 is 0 Å². The van der Waals surface area contributed by atoms with Gasteiger partial charge in [-0.2, -0.15) is 5.10 Å². The summed E-state index contributed by atoms with van der Waals surface area (Å²) < 4.78 is 5.86. The van der Waals surface area contributed by atoms with Crippen molar-refractivity contribution < 1.29 is 9.53 Å². The van der Waals surface area contributed by atoms with Gasteiger partial charge in [0.15, 0.2) is 5.13 Å². The number of thiazole rings is 1. The Morgan fingerprint density at radius 1 is 1.26 bits per heavy atom. The van der Waals surface area contributed by atoms with E-state index in [9.17, 15) is 4.79 Å². The van der Waals surface area contributed by atoms with Crippen LogP contribution in [0.4, 0.5) is 5.13 Å². The zero-order valence-corrected chi connectivity index (χ0v) is 15.9. The molecule has 0 unspecified atom stereocenters. The topological polar surface area (TPSA) is 89.6 Å². The summed E-state index contributed by atoms with van der Waals surface area (Å²) in [6.45, 7) is 4.29. The van der Waals surface area contributed by atoms with E-state index in [1.165, 1.54) is 5.56 Å². The molecule has 1 amide bonds. The van der Waals surface area contributed by atoms with Crippen LogP contribution in [0.1, 0.15) is 32.1 Å². The maximum absolute atomic E-state index is 12.1. The van der Waals surface area contributed by atoms with Gasteiger partial charge < -0.3 is 10.5 Å². The molecule has 0 fully saturated rings. The smallest absolute Gasteiger partial charge is 0.283 e. The minimum absolute atomic E-state index is 0.329. The predicted molar refractivity (Wildman–Crippen MR) is 108 cm³/mol. The number of nitrogen functional groups attached to an aromatic ring is 1. The van der Waals surface area contributed by atoms with E-state index in [1.807, 2.05) is 42.5 Å². The second-order valence-corrected chi connectivity index (χ2v) is 6.98. The number of benzene rings is 2. The maximum Gasteiger partial charge on any atom is 0.283 e. The first-order chi connectivity index (χ1) is 13.0. The zero-order valence-electron chi connectivity index (χ0n) is 15.1. The van der Waals surface area contributed by atoms with Crippen LogP contribution in [0.5, 0.6) is 5.75 Å². The number of hydrogen-bond donors (Lipinski definition) is 2. The van der Waals surface area contributed by atoms with E-state index in [-0.39, 0.29) is 5.91 Å². The van der Waals surface area contributed by atoms with Crippen molar-refractivity contribution in [2.75, 3.05) is 5.73 Å². The summed E-state index contributed by atoms with van der Waals surface area (Å²) >= 11 is 1.14. The number of carbonyl (C=O) groups excluding carboxylic acids is 1. The molecule has 138 valence electrons. The average Bonchev–Trinajstić information content (AvgIpc) is 3.00. The summed E-state index contributed by atoms with van der Waals surface area (Å²) in [6.07, 6.45) is 1.57. The molecule has 1 heterocycles. The first-order valence-electron chi connectivity index (χ1n) is 8.36. The lowest BCUT2D eigenvalue weighted by Crippen LogP contribution is -2.17. The van der Waals surface area contributed by atoms with E-state index in [4.69, 9.17) is 10.5 Å². The molecule has 0 aliphatic carbocycles. The number of hydrazone groups is 1. The Morgan fingerprint density at radius 2 is 2.07 bits per heavy atom. The van der Waals surface area contributed by atoms with Crippen molar-refractivity contribution in [1.82, 2.24) is 10.4 Å². The molecule has 0 spiro atoms. The minimum atomic E-state index is -0.329. The van der Waals surface area contributed by atoms with Gasteiger partial charge in [0.1, 0.15) is 17.2 Å². The lowest BCUT2D eigenvalue weighted by Gasteiger charge is -2.09. The molecule has 3 N–H and O–H groups in total. The van der Waals surface area contributed by atoms with Crippen LogP contribution in [-0.2, 0) is 6.61 Å². The number of carbonyl (C=O) groups is 1. The normalized spacial score (nSPS) is 10.9. The molecule has 3 aromatic rings. The third-order valence-electron chi connectivity index (χ3n) is 3.91. The van der Waals surface area contributed by atoms with E-state index < -0.39 is 0 Å². The van der Waals surface area contributed by atoms with Crippen molar-refractivity contribution in [2.45, 2.75) is 20.5 Å². The Bertz CT molecular complexity index is 982. The summed E-state index contributed by atoms with van der Waals surface area (Å²) in [5.41, 5.74) is 11.8. The number of hydrogen-bond acceptors (Lipinski definition) is 6. The summed E-state index contributed by atoms with van der Waals surface area (Å²) in [5.74, 6) is 0.407. The summed E-state index contributed by atoms with van der Waals surface area (Å²) in [5, 5.41) is 4.36. The molecule has 0 atom stereocenters. The van der Waals surface area contributed by atoms with Gasteiger partial charge in [0, 0.05) is 0 Å². The Hall–Kier alpha value is -3.19. The van der Waals surface area contributed by atoms with Crippen molar-refractivity contribution in [2.24, 2.45) is 5.10 Å². The van der Waals surface area contributed by atoms with Crippen LogP contribution < -0.4 is 15.9 Å². The number of amides is 1. The van der Waals surface area contributed by atoms with Crippen molar-refractivity contribution in [3.05, 3.63) is 75.8 Å². The van der Waals surface area contributed by atoms with Crippen LogP contribution in [0.15, 0.2) is 53.6 Å². The first kappa shape index (κ1) is 18.6. The molecule has 0 aliphatic rings. The van der Waals surface area contributed by atoms with Gasteiger partial charge in [0.25, 0.3) is 5.91 Å². The number of aromatic nitrogens is 1. The van der Waals surface area contributed by atoms with Gasteiger partial charge in [0.05, 0.1) is 11.9 Å². The number of nitrogens with two attached hydrogens (primary N) is 1. The molecule has 27 heavy (non-hydrogen) atoms. The predicted octanol–water partition coefficient (Wildman–Crippen LogP) is 3.69. The van der Waals surface area contributed by atoms with Crippen LogP contribution in [0.2, 0.25) is 0 Å². The highest BCUT2D eigenvalue weighted by Crippen LogP contribution is 2.19. The number of nitrogens with zero attached hydrogens (tertiary/aromatic N) is 2. The number of ether oxygens (including phenoxy) is 1. The molecular weight excluding hydrogens is 360 g/mol. The molecule has 0 bridgehead atoms. The lowest BCUT2D eigenvalue weighted by atomic mass is 10.1. The highest BCUT2D eigenvalue weighted by atomic mass is 32.1. The highest BCUT2D eigenvalue weighted by Gasteiger charge is 2.13. The van der Waals surface area contributed by atoms with Gasteiger partial charge in [-0.15, -0.1) is 0 Å². The summed E-state index contributed by atoms with van der Waals surface area (Å²) in [4.78, 5) is 16.6. The van der Waals surface area contributed by atoms with Gasteiger partial charge in [0.2, 0.25) is 0 Å². The number of aryl methyl sites for hydroxylation is 2. The molecule has 1 aromatic heterocycles. The zero-order chi connectivity index (χ0) is 19.2. The van der Waals surface area contributed by atoms with Crippen LogP contribution in [0.25, 0.3) is 0 Å². The fraction of sp³-hybridized carbons (Fsp3) is 0.150. The lowest BCUT2D eigenvalue weighted by molar-refractivity contribution is 0.0958. The van der Waals surface area contributed by atoms with Crippen molar-refractivity contribution in [1.29, 1.82) is 0 Å². The van der Waals surface area contributed by atoms with Gasteiger partial charge in [-0.3, -0.25) is 4.79 Å². The van der Waals surface area contributed by atoms with E-state index >= 15 is 0 Å². The Balaban J connectivity index is 1.60. The van der Waals surface area contributed by atoms with Crippen molar-refractivity contribution >= 4 is 28.6 Å². The Morgan fingerprint density at radius 3 is 2.81 bits per heavy atom. The largest absolute Gasteiger partial charge is 0.489 e. The van der Waals surface area contributed by atoms with Crippen LogP contribution in [0.3, 0.4) is 0 Å². The Labute approximate surface area is 161 Å². The fourth-order valence-electron chi connectivity index (χ4n) is 2.46. The monoisotopic (exact) mass is 380 g/mol. The Kier molecular flexibility index (Phi) is 5.83. The van der Waals surface area contributed by atoms with Crippen molar-refractivity contribution in [3.63, 3.8) is 0 Å². The molecule has 0 aliphatic heterocycles.